The molecule has 0 spiro atoms. The van der Waals surface area contributed by atoms with Gasteiger partial charge in [-0.2, -0.15) is 13.2 Å². The molecule has 0 atom stereocenters. The Labute approximate surface area is 124 Å². The Balaban J connectivity index is 2.10. The number of imidazole rings is 1. The Morgan fingerprint density at radius 3 is 2.82 bits per heavy atom. The summed E-state index contributed by atoms with van der Waals surface area (Å²) >= 11 is 0. The van der Waals surface area contributed by atoms with Crippen molar-refractivity contribution >= 4 is 12.0 Å². The third kappa shape index (κ3) is 2.43. The van der Waals surface area contributed by atoms with Gasteiger partial charge in [-0.05, 0) is 13.0 Å². The molecule has 0 N–H and O–H groups in total. The van der Waals surface area contributed by atoms with E-state index in [1.165, 1.54) is 24.5 Å². The molecule has 0 saturated carbocycles. The second-order valence-corrected chi connectivity index (χ2v) is 5.06. The van der Waals surface area contributed by atoms with Crippen LogP contribution in [-0.2, 0) is 12.7 Å². The van der Waals surface area contributed by atoms with E-state index in [2.05, 4.69) is 9.98 Å². The number of alkyl halides is 3. The summed E-state index contributed by atoms with van der Waals surface area (Å²) in [7, 11) is 0. The number of carbonyl (C=O) groups is 1. The zero-order valence-corrected chi connectivity index (χ0v) is 11.7. The van der Waals surface area contributed by atoms with Gasteiger partial charge in [0.15, 0.2) is 5.82 Å². The van der Waals surface area contributed by atoms with E-state index in [0.29, 0.717) is 24.5 Å². The summed E-state index contributed by atoms with van der Waals surface area (Å²) in [6.45, 7) is 2.46. The maximum Gasteiger partial charge on any atom is 0.417 e. The smallest absolute Gasteiger partial charge is 0.319 e. The van der Waals surface area contributed by atoms with E-state index >= 15 is 0 Å². The van der Waals surface area contributed by atoms with Gasteiger partial charge >= 0.3 is 6.18 Å². The first kappa shape index (κ1) is 14.5. The molecule has 0 fully saturated rings. The summed E-state index contributed by atoms with van der Waals surface area (Å²) in [5.41, 5.74) is -0.678. The van der Waals surface area contributed by atoms with Crippen molar-refractivity contribution in [2.45, 2.75) is 19.6 Å². The van der Waals surface area contributed by atoms with Crippen molar-refractivity contribution in [2.24, 2.45) is 4.99 Å². The molecular formula is C15H12F3N3O. The SMILES string of the molecule is Cc1ccc(C(=O)c2cnc3n2CCN=C3)c(C(F)(F)F)c1. The maximum absolute atomic E-state index is 13.2. The largest absolute Gasteiger partial charge is 0.417 e. The molecule has 0 aliphatic carbocycles. The zero-order valence-electron chi connectivity index (χ0n) is 11.7. The Morgan fingerprint density at radius 1 is 1.32 bits per heavy atom. The van der Waals surface area contributed by atoms with Gasteiger partial charge in [0.05, 0.1) is 24.5 Å². The molecule has 1 aliphatic rings. The number of ketones is 1. The highest BCUT2D eigenvalue weighted by molar-refractivity contribution is 6.09. The van der Waals surface area contributed by atoms with Crippen molar-refractivity contribution < 1.29 is 18.0 Å². The summed E-state index contributed by atoms with van der Waals surface area (Å²) < 4.78 is 41.1. The number of aliphatic imine (C=N–C) groups is 1. The molecule has 0 bridgehead atoms. The molecule has 114 valence electrons. The molecule has 0 saturated heterocycles. The fraction of sp³-hybridized carbons (Fsp3) is 0.267. The number of aryl methyl sites for hydroxylation is 1. The van der Waals surface area contributed by atoms with Crippen LogP contribution in [0, 0.1) is 6.92 Å². The number of aromatic nitrogens is 2. The summed E-state index contributed by atoms with van der Waals surface area (Å²) in [5, 5.41) is 0. The minimum atomic E-state index is -4.58. The average molecular weight is 307 g/mol. The fourth-order valence-corrected chi connectivity index (χ4v) is 2.44. The van der Waals surface area contributed by atoms with Crippen molar-refractivity contribution in [3.05, 3.63) is 52.6 Å². The lowest BCUT2D eigenvalue weighted by Crippen LogP contribution is -2.20. The highest BCUT2D eigenvalue weighted by Gasteiger charge is 2.36. The number of fused-ring (bicyclic) bond motifs is 1. The monoisotopic (exact) mass is 307 g/mol. The van der Waals surface area contributed by atoms with E-state index in [9.17, 15) is 18.0 Å². The summed E-state index contributed by atoms with van der Waals surface area (Å²) in [6.07, 6.45) is -1.77. The molecule has 7 heteroatoms. The molecule has 2 aromatic rings. The molecule has 1 aromatic carbocycles. The minimum absolute atomic E-state index is 0.149. The molecule has 1 aromatic heterocycles. The molecule has 0 amide bonds. The Bertz CT molecular complexity index is 775. The third-order valence-electron chi connectivity index (χ3n) is 3.50. The first-order valence-electron chi connectivity index (χ1n) is 6.66. The van der Waals surface area contributed by atoms with E-state index < -0.39 is 17.5 Å². The Hall–Kier alpha value is -2.44. The van der Waals surface area contributed by atoms with E-state index in [4.69, 9.17) is 0 Å². The van der Waals surface area contributed by atoms with Gasteiger partial charge in [-0.25, -0.2) is 4.98 Å². The molecule has 2 heterocycles. The first-order chi connectivity index (χ1) is 10.4. The molecule has 3 rings (SSSR count). The lowest BCUT2D eigenvalue weighted by Gasteiger charge is -2.15. The van der Waals surface area contributed by atoms with Crippen LogP contribution in [0.1, 0.15) is 33.0 Å². The van der Waals surface area contributed by atoms with Crippen LogP contribution in [0.2, 0.25) is 0 Å². The van der Waals surface area contributed by atoms with Crippen molar-refractivity contribution in [3.8, 4) is 0 Å². The van der Waals surface area contributed by atoms with Crippen molar-refractivity contribution in [1.29, 1.82) is 0 Å². The van der Waals surface area contributed by atoms with Crippen LogP contribution in [0.15, 0.2) is 29.4 Å². The predicted molar refractivity (Wildman–Crippen MR) is 74.3 cm³/mol. The zero-order chi connectivity index (χ0) is 15.9. The second-order valence-electron chi connectivity index (χ2n) is 5.06. The summed E-state index contributed by atoms with van der Waals surface area (Å²) in [4.78, 5) is 20.6. The fourth-order valence-electron chi connectivity index (χ4n) is 2.44. The van der Waals surface area contributed by atoms with Crippen LogP contribution < -0.4 is 0 Å². The maximum atomic E-state index is 13.2. The van der Waals surface area contributed by atoms with Crippen LogP contribution in [0.25, 0.3) is 0 Å². The minimum Gasteiger partial charge on any atom is -0.319 e. The van der Waals surface area contributed by atoms with Gasteiger partial charge in [-0.1, -0.05) is 17.7 Å². The van der Waals surface area contributed by atoms with E-state index in [0.717, 1.165) is 6.07 Å². The average Bonchev–Trinajstić information content (AvgIpc) is 2.89. The van der Waals surface area contributed by atoms with Gasteiger partial charge in [0, 0.05) is 12.1 Å². The number of nitrogens with zero attached hydrogens (tertiary/aromatic N) is 3. The molecule has 0 radical (unpaired) electrons. The molecule has 1 aliphatic heterocycles. The van der Waals surface area contributed by atoms with Crippen LogP contribution in [0.5, 0.6) is 0 Å². The second kappa shape index (κ2) is 5.08. The van der Waals surface area contributed by atoms with E-state index in [-0.39, 0.29) is 11.3 Å². The topological polar surface area (TPSA) is 47.2 Å². The molecule has 22 heavy (non-hydrogen) atoms. The number of rotatable bonds is 2. The van der Waals surface area contributed by atoms with Crippen molar-refractivity contribution in [2.75, 3.05) is 6.54 Å². The van der Waals surface area contributed by atoms with E-state index in [1.807, 2.05) is 0 Å². The molecular weight excluding hydrogens is 295 g/mol. The van der Waals surface area contributed by atoms with E-state index in [1.54, 1.807) is 11.5 Å². The van der Waals surface area contributed by atoms with Gasteiger partial charge < -0.3 is 4.57 Å². The number of halogens is 3. The van der Waals surface area contributed by atoms with Crippen molar-refractivity contribution in [1.82, 2.24) is 9.55 Å². The summed E-state index contributed by atoms with van der Waals surface area (Å²) in [5.74, 6) is -0.198. The summed E-state index contributed by atoms with van der Waals surface area (Å²) in [6, 6.07) is 3.71. The van der Waals surface area contributed by atoms with Crippen LogP contribution >= 0.6 is 0 Å². The van der Waals surface area contributed by atoms with Crippen LogP contribution in [0.4, 0.5) is 13.2 Å². The lowest BCUT2D eigenvalue weighted by atomic mass is 9.99. The number of benzene rings is 1. The van der Waals surface area contributed by atoms with Crippen molar-refractivity contribution in [3.63, 3.8) is 0 Å². The van der Waals surface area contributed by atoms with Crippen LogP contribution in [0.3, 0.4) is 0 Å². The quantitative estimate of drug-likeness (QED) is 0.801. The van der Waals surface area contributed by atoms with Gasteiger partial charge in [0.2, 0.25) is 5.78 Å². The van der Waals surface area contributed by atoms with Gasteiger partial charge in [0.1, 0.15) is 5.69 Å². The Morgan fingerprint density at radius 2 is 2.09 bits per heavy atom. The highest BCUT2D eigenvalue weighted by Crippen LogP contribution is 2.33. The number of hydrogen-bond donors (Lipinski definition) is 0. The van der Waals surface area contributed by atoms with Gasteiger partial charge in [0.25, 0.3) is 0 Å². The number of carbonyl (C=O) groups excluding carboxylic acids is 1. The molecule has 0 unspecified atom stereocenters. The lowest BCUT2D eigenvalue weighted by molar-refractivity contribution is -0.137. The number of hydrogen-bond acceptors (Lipinski definition) is 3. The Kier molecular flexibility index (Phi) is 3.35. The van der Waals surface area contributed by atoms with Gasteiger partial charge in [-0.15, -0.1) is 0 Å². The first-order valence-corrected chi connectivity index (χ1v) is 6.66. The standard InChI is InChI=1S/C15H12F3N3O/c1-9-2-3-10(11(6-9)15(16,17)18)14(22)12-7-20-13-8-19-4-5-21(12)13/h2-3,6-8H,4-5H2,1H3. The van der Waals surface area contributed by atoms with Gasteiger partial charge in [-0.3, -0.25) is 9.79 Å². The van der Waals surface area contributed by atoms with Crippen LogP contribution in [-0.4, -0.2) is 28.1 Å². The predicted octanol–water partition coefficient (Wildman–Crippen LogP) is 2.87. The third-order valence-corrected chi connectivity index (χ3v) is 3.50. The normalized spacial score (nSPS) is 14.0. The highest BCUT2D eigenvalue weighted by atomic mass is 19.4. The molecule has 4 nitrogen and oxygen atoms in total.